The molecular weight excluding hydrogens is 180 g/mol. The van der Waals surface area contributed by atoms with E-state index in [0.717, 1.165) is 12.8 Å². The van der Waals surface area contributed by atoms with Crippen molar-refractivity contribution in [2.45, 2.75) is 44.1 Å². The molecule has 0 aliphatic heterocycles. The summed E-state index contributed by atoms with van der Waals surface area (Å²) in [6, 6.07) is 0. The van der Waals surface area contributed by atoms with Crippen molar-refractivity contribution in [3.8, 4) is 0 Å². The number of hydrogen-bond acceptors (Lipinski definition) is 2. The Balaban J connectivity index is 2.10. The second kappa shape index (κ2) is 3.54. The average molecular weight is 198 g/mol. The van der Waals surface area contributed by atoms with E-state index < -0.39 is 11.6 Å². The Morgan fingerprint density at radius 3 is 2.07 bits per heavy atom. The summed E-state index contributed by atoms with van der Waals surface area (Å²) in [5.41, 5.74) is -0.815. The van der Waals surface area contributed by atoms with Gasteiger partial charge >= 0.3 is 5.97 Å². The van der Waals surface area contributed by atoms with Crippen LogP contribution in [0, 0.1) is 11.8 Å². The van der Waals surface area contributed by atoms with E-state index in [9.17, 15) is 9.90 Å². The van der Waals surface area contributed by atoms with Gasteiger partial charge < -0.3 is 9.84 Å². The van der Waals surface area contributed by atoms with E-state index in [1.165, 1.54) is 25.7 Å². The zero-order valence-corrected chi connectivity index (χ0v) is 8.66. The van der Waals surface area contributed by atoms with Gasteiger partial charge in [-0.25, -0.2) is 4.79 Å². The van der Waals surface area contributed by atoms with Crippen LogP contribution in [0.25, 0.3) is 0 Å². The van der Waals surface area contributed by atoms with Crippen molar-refractivity contribution in [2.75, 3.05) is 7.11 Å². The average Bonchev–Trinajstić information content (AvgIpc) is 2.71. The standard InChI is InChI=1S/C11H18O3/c1-14-11(10(12)13)8-6-4-2-3-5-7-9(8)11/h8-9H,2-7H2,1H3,(H,12,13). The van der Waals surface area contributed by atoms with Gasteiger partial charge in [-0.3, -0.25) is 0 Å². The molecule has 2 atom stereocenters. The van der Waals surface area contributed by atoms with Crippen molar-refractivity contribution in [3.05, 3.63) is 0 Å². The number of ether oxygens (including phenoxy) is 1. The molecule has 0 spiro atoms. The quantitative estimate of drug-likeness (QED) is 0.738. The molecule has 0 amide bonds. The lowest BCUT2D eigenvalue weighted by atomic mass is 10.0. The van der Waals surface area contributed by atoms with Gasteiger partial charge in [0.2, 0.25) is 0 Å². The maximum absolute atomic E-state index is 11.2. The van der Waals surface area contributed by atoms with Crippen molar-refractivity contribution < 1.29 is 14.6 Å². The van der Waals surface area contributed by atoms with Crippen LogP contribution in [0.2, 0.25) is 0 Å². The van der Waals surface area contributed by atoms with Gasteiger partial charge in [-0.15, -0.1) is 0 Å². The largest absolute Gasteiger partial charge is 0.479 e. The maximum Gasteiger partial charge on any atom is 0.336 e. The lowest BCUT2D eigenvalue weighted by molar-refractivity contribution is -0.153. The first-order valence-corrected chi connectivity index (χ1v) is 5.52. The van der Waals surface area contributed by atoms with Crippen LogP contribution in [-0.4, -0.2) is 23.8 Å². The number of carboxylic acids is 1. The van der Waals surface area contributed by atoms with Crippen LogP contribution in [0.3, 0.4) is 0 Å². The molecule has 0 saturated heterocycles. The Kier molecular flexibility index (Phi) is 2.52. The Morgan fingerprint density at radius 1 is 1.21 bits per heavy atom. The van der Waals surface area contributed by atoms with Crippen molar-refractivity contribution in [2.24, 2.45) is 11.8 Å². The highest BCUT2D eigenvalue weighted by atomic mass is 16.5. The maximum atomic E-state index is 11.2. The summed E-state index contributed by atoms with van der Waals surface area (Å²) < 4.78 is 5.27. The first kappa shape index (κ1) is 9.97. The molecule has 2 unspecified atom stereocenters. The summed E-state index contributed by atoms with van der Waals surface area (Å²) >= 11 is 0. The lowest BCUT2D eigenvalue weighted by Gasteiger charge is -2.10. The summed E-state index contributed by atoms with van der Waals surface area (Å²) in [5, 5.41) is 9.19. The fraction of sp³-hybridized carbons (Fsp3) is 0.909. The minimum absolute atomic E-state index is 0.283. The topological polar surface area (TPSA) is 46.5 Å². The van der Waals surface area contributed by atoms with Crippen molar-refractivity contribution in [1.29, 1.82) is 0 Å². The molecule has 1 N–H and O–H groups in total. The molecule has 0 heterocycles. The van der Waals surface area contributed by atoms with E-state index >= 15 is 0 Å². The predicted octanol–water partition coefficient (Wildman–Crippen LogP) is 2.06. The van der Waals surface area contributed by atoms with Crippen LogP contribution in [0.15, 0.2) is 0 Å². The minimum atomic E-state index is -0.815. The fourth-order valence-corrected chi connectivity index (χ4v) is 3.13. The molecule has 0 bridgehead atoms. The third-order valence-electron chi connectivity index (χ3n) is 3.93. The molecule has 2 aliphatic rings. The molecule has 2 fully saturated rings. The van der Waals surface area contributed by atoms with Gasteiger partial charge in [0, 0.05) is 18.9 Å². The number of rotatable bonds is 2. The van der Waals surface area contributed by atoms with Gasteiger partial charge in [-0.2, -0.15) is 0 Å². The summed E-state index contributed by atoms with van der Waals surface area (Å²) in [5.74, 6) is -0.188. The highest BCUT2D eigenvalue weighted by Gasteiger charge is 2.69. The SMILES string of the molecule is COC1(C(=O)O)C2CCCCCCC21. The molecule has 80 valence electrons. The van der Waals surface area contributed by atoms with Crippen LogP contribution in [0.1, 0.15) is 38.5 Å². The van der Waals surface area contributed by atoms with Crippen LogP contribution >= 0.6 is 0 Å². The molecule has 3 heteroatoms. The molecule has 2 saturated carbocycles. The smallest absolute Gasteiger partial charge is 0.336 e. The van der Waals surface area contributed by atoms with Crippen molar-refractivity contribution >= 4 is 5.97 Å². The molecule has 14 heavy (non-hydrogen) atoms. The molecule has 3 nitrogen and oxygen atoms in total. The normalized spacial score (nSPS) is 42.1. The number of aliphatic carboxylic acids is 1. The molecule has 0 aromatic carbocycles. The van der Waals surface area contributed by atoms with E-state index in [0.29, 0.717) is 0 Å². The Labute approximate surface area is 84.4 Å². The fourth-order valence-electron chi connectivity index (χ4n) is 3.13. The zero-order chi connectivity index (χ0) is 10.2. The minimum Gasteiger partial charge on any atom is -0.479 e. The van der Waals surface area contributed by atoms with E-state index in [-0.39, 0.29) is 11.8 Å². The number of carbonyl (C=O) groups is 1. The Bertz CT molecular complexity index is 223. The van der Waals surface area contributed by atoms with Crippen molar-refractivity contribution in [3.63, 3.8) is 0 Å². The molecule has 2 aliphatic carbocycles. The second-order valence-corrected chi connectivity index (χ2v) is 4.51. The number of carboxylic acid groups (broad SMARTS) is 1. The van der Waals surface area contributed by atoms with Gasteiger partial charge in [0.25, 0.3) is 0 Å². The number of fused-ring (bicyclic) bond motifs is 1. The molecule has 0 aromatic rings. The molecule has 0 radical (unpaired) electrons. The van der Waals surface area contributed by atoms with Crippen molar-refractivity contribution in [1.82, 2.24) is 0 Å². The molecule has 2 rings (SSSR count). The lowest BCUT2D eigenvalue weighted by Crippen LogP contribution is -2.29. The zero-order valence-electron chi connectivity index (χ0n) is 8.66. The summed E-state index contributed by atoms with van der Waals surface area (Å²) in [4.78, 5) is 11.2. The predicted molar refractivity (Wildman–Crippen MR) is 52.1 cm³/mol. The first-order valence-electron chi connectivity index (χ1n) is 5.52. The van der Waals surface area contributed by atoms with Gasteiger partial charge in [-0.1, -0.05) is 25.7 Å². The van der Waals surface area contributed by atoms with Gasteiger partial charge in [-0.05, 0) is 12.8 Å². The Morgan fingerprint density at radius 2 is 1.71 bits per heavy atom. The monoisotopic (exact) mass is 198 g/mol. The van der Waals surface area contributed by atoms with E-state index in [1.54, 1.807) is 7.11 Å². The van der Waals surface area contributed by atoms with E-state index in [4.69, 9.17) is 4.74 Å². The highest BCUT2D eigenvalue weighted by molar-refractivity contribution is 5.82. The van der Waals surface area contributed by atoms with Gasteiger partial charge in [0.1, 0.15) is 0 Å². The van der Waals surface area contributed by atoms with E-state index in [1.807, 2.05) is 0 Å². The van der Waals surface area contributed by atoms with Crippen LogP contribution in [0.5, 0.6) is 0 Å². The van der Waals surface area contributed by atoms with E-state index in [2.05, 4.69) is 0 Å². The summed E-state index contributed by atoms with van der Waals surface area (Å²) in [7, 11) is 1.54. The first-order chi connectivity index (χ1) is 6.73. The number of hydrogen-bond donors (Lipinski definition) is 1. The van der Waals surface area contributed by atoms with Gasteiger partial charge in [0.05, 0.1) is 0 Å². The van der Waals surface area contributed by atoms with Gasteiger partial charge in [0.15, 0.2) is 5.60 Å². The molecular formula is C11H18O3. The number of methoxy groups -OCH3 is 1. The molecule has 0 aromatic heterocycles. The second-order valence-electron chi connectivity index (χ2n) is 4.51. The highest BCUT2D eigenvalue weighted by Crippen LogP contribution is 2.59. The van der Waals surface area contributed by atoms with Crippen LogP contribution < -0.4 is 0 Å². The third-order valence-corrected chi connectivity index (χ3v) is 3.93. The summed E-state index contributed by atoms with van der Waals surface area (Å²) in [6.07, 6.45) is 6.90. The van der Waals surface area contributed by atoms with Crippen LogP contribution in [-0.2, 0) is 9.53 Å². The third kappa shape index (κ3) is 1.26. The summed E-state index contributed by atoms with van der Waals surface area (Å²) in [6.45, 7) is 0. The van der Waals surface area contributed by atoms with Crippen LogP contribution in [0.4, 0.5) is 0 Å². The Hall–Kier alpha value is -0.570.